The number of piperidine rings is 1. The van der Waals surface area contributed by atoms with Gasteiger partial charge in [-0.1, -0.05) is 36.4 Å². The smallest absolute Gasteiger partial charge is 0.229 e. The summed E-state index contributed by atoms with van der Waals surface area (Å²) in [5.74, 6) is 1.38. The Morgan fingerprint density at radius 3 is 2.67 bits per heavy atom. The molecular weight excluding hydrogens is 376 g/mol. The number of nitrogens with one attached hydrogen (secondary N) is 1. The molecule has 1 fully saturated rings. The van der Waals surface area contributed by atoms with Crippen molar-refractivity contribution < 1.29 is 9.53 Å². The summed E-state index contributed by atoms with van der Waals surface area (Å²) in [5, 5.41) is 11.9. The van der Waals surface area contributed by atoms with Crippen molar-refractivity contribution in [3.63, 3.8) is 0 Å². The molecule has 154 valence electrons. The lowest BCUT2D eigenvalue weighted by Gasteiger charge is -2.32. The van der Waals surface area contributed by atoms with Gasteiger partial charge in [-0.05, 0) is 49.6 Å². The molecule has 1 aromatic heterocycles. The van der Waals surface area contributed by atoms with Crippen molar-refractivity contribution in [1.29, 1.82) is 0 Å². The molecule has 30 heavy (non-hydrogen) atoms. The Kier molecular flexibility index (Phi) is 5.93. The third-order valence-corrected chi connectivity index (χ3v) is 5.45. The Hall–Kier alpha value is -3.41. The molecule has 6 nitrogen and oxygen atoms in total. The van der Waals surface area contributed by atoms with Crippen molar-refractivity contribution in [2.24, 2.45) is 5.92 Å². The van der Waals surface area contributed by atoms with E-state index in [2.05, 4.69) is 20.4 Å². The number of amides is 1. The second-order valence-electron chi connectivity index (χ2n) is 7.62. The standard InChI is InChI=1S/C24H26N4O2/c1-17-10-12-22(30-2)21(15-17)25-24(29)19-9-6-14-28(16-19)23-13-11-20(26-27-23)18-7-4-3-5-8-18/h3-5,7-8,10-13,15,19H,6,9,14,16H2,1-2H3,(H,25,29)/t19-/m1/s1. The molecule has 0 spiro atoms. The average molecular weight is 402 g/mol. The maximum atomic E-state index is 12.9. The number of anilines is 2. The van der Waals surface area contributed by atoms with E-state index in [-0.39, 0.29) is 11.8 Å². The molecule has 1 amide bonds. The van der Waals surface area contributed by atoms with Crippen molar-refractivity contribution in [2.45, 2.75) is 19.8 Å². The topological polar surface area (TPSA) is 67.3 Å². The number of rotatable bonds is 5. The van der Waals surface area contributed by atoms with Gasteiger partial charge in [-0.25, -0.2) is 0 Å². The van der Waals surface area contributed by atoms with Gasteiger partial charge in [0.25, 0.3) is 0 Å². The van der Waals surface area contributed by atoms with Crippen molar-refractivity contribution in [3.8, 4) is 17.0 Å². The number of carbonyl (C=O) groups is 1. The van der Waals surface area contributed by atoms with E-state index >= 15 is 0 Å². The molecule has 3 aromatic rings. The summed E-state index contributed by atoms with van der Waals surface area (Å²) in [4.78, 5) is 15.1. The first-order valence-corrected chi connectivity index (χ1v) is 10.2. The van der Waals surface area contributed by atoms with Crippen LogP contribution in [0.2, 0.25) is 0 Å². The fourth-order valence-corrected chi connectivity index (χ4v) is 3.81. The van der Waals surface area contributed by atoms with Gasteiger partial charge in [0.15, 0.2) is 5.82 Å². The molecule has 1 N–H and O–H groups in total. The van der Waals surface area contributed by atoms with E-state index in [0.29, 0.717) is 18.0 Å². The zero-order chi connectivity index (χ0) is 20.9. The molecule has 0 unspecified atom stereocenters. The fraction of sp³-hybridized carbons (Fsp3) is 0.292. The van der Waals surface area contributed by atoms with Gasteiger partial charge in [0.1, 0.15) is 5.75 Å². The van der Waals surface area contributed by atoms with E-state index in [9.17, 15) is 4.79 Å². The first kappa shape index (κ1) is 19.9. The number of aromatic nitrogens is 2. The molecule has 1 aliphatic heterocycles. The molecule has 0 bridgehead atoms. The van der Waals surface area contributed by atoms with E-state index in [1.54, 1.807) is 7.11 Å². The normalized spacial score (nSPS) is 16.2. The highest BCUT2D eigenvalue weighted by atomic mass is 16.5. The van der Waals surface area contributed by atoms with Gasteiger partial charge in [-0.15, -0.1) is 10.2 Å². The van der Waals surface area contributed by atoms with Crippen LogP contribution in [0.4, 0.5) is 11.5 Å². The highest BCUT2D eigenvalue weighted by Crippen LogP contribution is 2.28. The molecule has 1 aliphatic rings. The molecule has 0 radical (unpaired) electrons. The van der Waals surface area contributed by atoms with Crippen LogP contribution in [0.15, 0.2) is 60.7 Å². The van der Waals surface area contributed by atoms with Crippen LogP contribution >= 0.6 is 0 Å². The lowest BCUT2D eigenvalue weighted by molar-refractivity contribution is -0.120. The first-order chi connectivity index (χ1) is 14.6. The first-order valence-electron chi connectivity index (χ1n) is 10.2. The number of carbonyl (C=O) groups excluding carboxylic acids is 1. The molecule has 4 rings (SSSR count). The van der Waals surface area contributed by atoms with Crippen molar-refractivity contribution in [3.05, 3.63) is 66.2 Å². The average Bonchev–Trinajstić information content (AvgIpc) is 2.80. The summed E-state index contributed by atoms with van der Waals surface area (Å²) >= 11 is 0. The number of methoxy groups -OCH3 is 1. The second-order valence-corrected chi connectivity index (χ2v) is 7.62. The van der Waals surface area contributed by atoms with E-state index in [0.717, 1.165) is 42.0 Å². The van der Waals surface area contributed by atoms with Gasteiger partial charge >= 0.3 is 0 Å². The van der Waals surface area contributed by atoms with Gasteiger partial charge < -0.3 is 15.0 Å². The maximum Gasteiger partial charge on any atom is 0.229 e. The Morgan fingerprint density at radius 1 is 1.10 bits per heavy atom. The van der Waals surface area contributed by atoms with E-state index < -0.39 is 0 Å². The molecular formula is C24H26N4O2. The summed E-state index contributed by atoms with van der Waals surface area (Å²) in [6, 6.07) is 19.7. The maximum absolute atomic E-state index is 12.9. The van der Waals surface area contributed by atoms with Crippen LogP contribution in [-0.4, -0.2) is 36.3 Å². The number of aryl methyl sites for hydroxylation is 1. The van der Waals surface area contributed by atoms with Crippen LogP contribution in [0.3, 0.4) is 0 Å². The Bertz CT molecular complexity index is 1010. The summed E-state index contributed by atoms with van der Waals surface area (Å²) in [6.07, 6.45) is 1.79. The quantitative estimate of drug-likeness (QED) is 0.689. The Morgan fingerprint density at radius 2 is 1.93 bits per heavy atom. The fourth-order valence-electron chi connectivity index (χ4n) is 3.81. The van der Waals surface area contributed by atoms with Crippen LogP contribution in [0.5, 0.6) is 5.75 Å². The molecule has 1 atom stereocenters. The summed E-state index contributed by atoms with van der Waals surface area (Å²) < 4.78 is 5.38. The van der Waals surface area contributed by atoms with Gasteiger partial charge in [-0.2, -0.15) is 0 Å². The van der Waals surface area contributed by atoms with E-state index in [4.69, 9.17) is 4.74 Å². The number of benzene rings is 2. The van der Waals surface area contributed by atoms with Crippen LogP contribution in [-0.2, 0) is 4.79 Å². The highest BCUT2D eigenvalue weighted by molar-refractivity contribution is 5.94. The largest absolute Gasteiger partial charge is 0.495 e. The zero-order valence-corrected chi connectivity index (χ0v) is 17.3. The van der Waals surface area contributed by atoms with Gasteiger partial charge in [0.05, 0.1) is 24.4 Å². The molecule has 0 aliphatic carbocycles. The number of ether oxygens (including phenoxy) is 1. The molecule has 2 heterocycles. The summed E-state index contributed by atoms with van der Waals surface area (Å²) in [7, 11) is 1.61. The highest BCUT2D eigenvalue weighted by Gasteiger charge is 2.27. The molecule has 2 aromatic carbocycles. The minimum atomic E-state index is -0.112. The summed E-state index contributed by atoms with van der Waals surface area (Å²) in [6.45, 7) is 3.49. The van der Waals surface area contributed by atoms with Crippen LogP contribution < -0.4 is 15.0 Å². The van der Waals surface area contributed by atoms with Crippen molar-refractivity contribution in [2.75, 3.05) is 30.4 Å². The third kappa shape index (κ3) is 4.43. The number of hydrogen-bond acceptors (Lipinski definition) is 5. The number of nitrogens with zero attached hydrogens (tertiary/aromatic N) is 3. The van der Waals surface area contributed by atoms with Gasteiger partial charge in [-0.3, -0.25) is 4.79 Å². The van der Waals surface area contributed by atoms with Crippen LogP contribution in [0.1, 0.15) is 18.4 Å². The molecule has 6 heteroatoms. The van der Waals surface area contributed by atoms with Crippen molar-refractivity contribution in [1.82, 2.24) is 10.2 Å². The molecule has 1 saturated heterocycles. The van der Waals surface area contributed by atoms with E-state index in [1.165, 1.54) is 0 Å². The van der Waals surface area contributed by atoms with Crippen LogP contribution in [0.25, 0.3) is 11.3 Å². The number of hydrogen-bond donors (Lipinski definition) is 1. The minimum absolute atomic E-state index is 0.0115. The van der Waals surface area contributed by atoms with Crippen LogP contribution in [0, 0.1) is 12.8 Å². The predicted molar refractivity (Wildman–Crippen MR) is 119 cm³/mol. The second kappa shape index (κ2) is 8.95. The van der Waals surface area contributed by atoms with Gasteiger partial charge in [0.2, 0.25) is 5.91 Å². The van der Waals surface area contributed by atoms with Crippen molar-refractivity contribution >= 4 is 17.4 Å². The SMILES string of the molecule is COc1ccc(C)cc1NC(=O)[C@@H]1CCCN(c2ccc(-c3ccccc3)nn2)C1. The Balaban J connectivity index is 1.44. The minimum Gasteiger partial charge on any atom is -0.495 e. The lowest BCUT2D eigenvalue weighted by Crippen LogP contribution is -2.41. The lowest BCUT2D eigenvalue weighted by atomic mass is 9.97. The monoisotopic (exact) mass is 402 g/mol. The third-order valence-electron chi connectivity index (χ3n) is 5.45. The predicted octanol–water partition coefficient (Wildman–Crippen LogP) is 4.32. The van der Waals surface area contributed by atoms with Gasteiger partial charge in [0, 0.05) is 18.7 Å². The van der Waals surface area contributed by atoms with E-state index in [1.807, 2.05) is 67.6 Å². The zero-order valence-electron chi connectivity index (χ0n) is 17.3. The Labute approximate surface area is 176 Å². The summed E-state index contributed by atoms with van der Waals surface area (Å²) in [5.41, 5.74) is 3.67. The molecule has 0 saturated carbocycles.